The molecule has 0 radical (unpaired) electrons. The second-order valence-electron chi connectivity index (χ2n) is 7.63. The molecular formula is C22H23F2N5O2. The summed E-state index contributed by atoms with van der Waals surface area (Å²) >= 11 is 0. The van der Waals surface area contributed by atoms with Crippen molar-refractivity contribution in [2.45, 2.75) is 31.9 Å². The average molecular weight is 427 g/mol. The molecule has 4 N–H and O–H groups in total. The first kappa shape index (κ1) is 22.1. The third-order valence-electron chi connectivity index (χ3n) is 4.94. The van der Waals surface area contributed by atoms with Crippen LogP contribution >= 0.6 is 0 Å². The summed E-state index contributed by atoms with van der Waals surface area (Å²) in [6, 6.07) is 10.2. The molecule has 9 heteroatoms. The molecule has 3 rings (SSSR count). The highest BCUT2D eigenvalue weighted by Crippen LogP contribution is 2.31. The van der Waals surface area contributed by atoms with E-state index in [2.05, 4.69) is 20.5 Å². The van der Waals surface area contributed by atoms with Crippen LogP contribution in [0, 0.1) is 5.82 Å². The minimum absolute atomic E-state index is 0.0627. The number of hydrogen-bond acceptors (Lipinski definition) is 6. The van der Waals surface area contributed by atoms with Gasteiger partial charge in [-0.05, 0) is 55.8 Å². The topological polar surface area (TPSA) is 114 Å². The Bertz CT molecular complexity index is 1080. The van der Waals surface area contributed by atoms with Gasteiger partial charge >= 0.3 is 0 Å². The second-order valence-corrected chi connectivity index (χ2v) is 7.63. The quantitative estimate of drug-likeness (QED) is 0.506. The van der Waals surface area contributed by atoms with Crippen molar-refractivity contribution in [3.05, 3.63) is 65.7 Å². The van der Waals surface area contributed by atoms with Crippen LogP contribution in [-0.2, 0) is 5.41 Å². The van der Waals surface area contributed by atoms with Gasteiger partial charge in [-0.15, -0.1) is 10.2 Å². The summed E-state index contributed by atoms with van der Waals surface area (Å²) in [5, 5.41) is 21.3. The van der Waals surface area contributed by atoms with Gasteiger partial charge in [0.1, 0.15) is 17.4 Å². The van der Waals surface area contributed by atoms with Crippen molar-refractivity contribution in [1.82, 2.24) is 15.2 Å². The molecule has 162 valence electrons. The lowest BCUT2D eigenvalue weighted by Gasteiger charge is -2.30. The molecule has 0 saturated carbocycles. The molecule has 0 spiro atoms. The summed E-state index contributed by atoms with van der Waals surface area (Å²) in [6.07, 6.45) is 0.371. The summed E-state index contributed by atoms with van der Waals surface area (Å²) in [6.45, 7) is 3.32. The average Bonchev–Trinajstić information content (AvgIpc) is 2.73. The predicted molar refractivity (Wildman–Crippen MR) is 113 cm³/mol. The number of nitrogens with one attached hydrogen (secondary N) is 1. The number of benzene rings is 1. The van der Waals surface area contributed by atoms with Crippen molar-refractivity contribution < 1.29 is 18.7 Å². The highest BCUT2D eigenvalue weighted by molar-refractivity contribution is 5.94. The van der Waals surface area contributed by atoms with Crippen molar-refractivity contribution in [3.63, 3.8) is 0 Å². The van der Waals surface area contributed by atoms with Crippen LogP contribution in [0.4, 0.5) is 14.6 Å². The van der Waals surface area contributed by atoms with E-state index in [0.29, 0.717) is 17.1 Å². The van der Waals surface area contributed by atoms with E-state index in [1.807, 2.05) is 0 Å². The van der Waals surface area contributed by atoms with Crippen molar-refractivity contribution in [2.24, 2.45) is 5.73 Å². The van der Waals surface area contributed by atoms with Gasteiger partial charge in [-0.1, -0.05) is 6.92 Å². The number of carbonyl (C=O) groups is 1. The summed E-state index contributed by atoms with van der Waals surface area (Å²) in [5.41, 5.74) is 5.40. The summed E-state index contributed by atoms with van der Waals surface area (Å²) in [5.74, 6) is -0.826. The maximum atomic E-state index is 14.3. The lowest BCUT2D eigenvalue weighted by molar-refractivity contribution is 0.100. The number of hydrogen-bond donors (Lipinski definition) is 3. The fourth-order valence-corrected chi connectivity index (χ4v) is 3.45. The summed E-state index contributed by atoms with van der Waals surface area (Å²) in [4.78, 5) is 15.5. The molecule has 0 unspecified atom stereocenters. The number of nitrogens with two attached hydrogens (primary N) is 1. The largest absolute Gasteiger partial charge is 0.507 e. The number of anilines is 1. The van der Waals surface area contributed by atoms with Crippen LogP contribution in [0.3, 0.4) is 0 Å². The van der Waals surface area contributed by atoms with Crippen LogP contribution in [0.5, 0.6) is 5.75 Å². The molecule has 2 heterocycles. The van der Waals surface area contributed by atoms with Crippen molar-refractivity contribution in [1.29, 1.82) is 0 Å². The molecule has 0 aliphatic rings. The Balaban J connectivity index is 1.81. The van der Waals surface area contributed by atoms with Gasteiger partial charge in [0.2, 0.25) is 5.91 Å². The van der Waals surface area contributed by atoms with Gasteiger partial charge in [0.15, 0.2) is 0 Å². The van der Waals surface area contributed by atoms with Crippen LogP contribution in [0.2, 0.25) is 0 Å². The molecule has 2 atom stereocenters. The SMILES string of the molecule is C[C@H](F)C[C@@](C)(CNc1ccc(-c2cc(C(N)=O)ccc2O)nn1)c1ncccc1F. The van der Waals surface area contributed by atoms with Gasteiger partial charge in [0.25, 0.3) is 0 Å². The highest BCUT2D eigenvalue weighted by Gasteiger charge is 2.33. The number of halogens is 2. The van der Waals surface area contributed by atoms with Gasteiger partial charge in [-0.3, -0.25) is 9.78 Å². The highest BCUT2D eigenvalue weighted by atomic mass is 19.1. The number of aromatic hydroxyl groups is 1. The van der Waals surface area contributed by atoms with E-state index < -0.39 is 23.3 Å². The van der Waals surface area contributed by atoms with Crippen LogP contribution in [-0.4, -0.2) is 38.9 Å². The smallest absolute Gasteiger partial charge is 0.248 e. The molecule has 0 aliphatic carbocycles. The monoisotopic (exact) mass is 427 g/mol. The number of rotatable bonds is 8. The van der Waals surface area contributed by atoms with Gasteiger partial charge in [-0.25, -0.2) is 8.78 Å². The first-order chi connectivity index (χ1) is 14.7. The maximum absolute atomic E-state index is 14.3. The van der Waals surface area contributed by atoms with E-state index in [4.69, 9.17) is 5.73 Å². The Morgan fingerprint density at radius 2 is 2.03 bits per heavy atom. The number of amides is 1. The first-order valence-electron chi connectivity index (χ1n) is 9.65. The third kappa shape index (κ3) is 5.11. The molecule has 2 aromatic heterocycles. The number of alkyl halides is 1. The molecule has 0 fully saturated rings. The molecule has 7 nitrogen and oxygen atoms in total. The fraction of sp³-hybridized carbons (Fsp3) is 0.273. The van der Waals surface area contributed by atoms with Crippen LogP contribution in [0.1, 0.15) is 36.3 Å². The standard InChI is InChI=1S/C22H23F2N5O2/c1-13(23)11-22(2,20-16(24)4-3-9-26-20)12-27-19-8-6-17(28-29-19)15-10-14(21(25)31)5-7-18(15)30/h3-10,13,30H,11-12H2,1-2H3,(H2,25,31)(H,27,29)/t13-,22-/m0/s1. The number of nitrogens with zero attached hydrogens (tertiary/aromatic N) is 3. The Labute approximate surface area is 178 Å². The number of phenolic OH excluding ortho intramolecular Hbond substituents is 1. The lowest BCUT2D eigenvalue weighted by Crippen LogP contribution is -2.35. The van der Waals surface area contributed by atoms with Gasteiger partial charge < -0.3 is 16.2 Å². The molecule has 0 saturated heterocycles. The predicted octanol–water partition coefficient (Wildman–Crippen LogP) is 3.60. The second kappa shape index (κ2) is 9.03. The Morgan fingerprint density at radius 3 is 2.65 bits per heavy atom. The molecule has 3 aromatic rings. The van der Waals surface area contributed by atoms with Gasteiger partial charge in [0, 0.05) is 29.3 Å². The zero-order valence-corrected chi connectivity index (χ0v) is 17.1. The van der Waals surface area contributed by atoms with E-state index in [1.165, 1.54) is 43.5 Å². The zero-order chi connectivity index (χ0) is 22.6. The Morgan fingerprint density at radius 1 is 1.26 bits per heavy atom. The van der Waals surface area contributed by atoms with Crippen molar-refractivity contribution in [2.75, 3.05) is 11.9 Å². The number of phenols is 1. The number of primary amides is 1. The first-order valence-corrected chi connectivity index (χ1v) is 9.65. The minimum Gasteiger partial charge on any atom is -0.507 e. The van der Waals surface area contributed by atoms with Crippen molar-refractivity contribution >= 4 is 11.7 Å². The third-order valence-corrected chi connectivity index (χ3v) is 4.94. The zero-order valence-electron chi connectivity index (χ0n) is 17.1. The van der Waals surface area contributed by atoms with E-state index in [1.54, 1.807) is 19.1 Å². The molecule has 0 aliphatic heterocycles. The van der Waals surface area contributed by atoms with E-state index >= 15 is 0 Å². The van der Waals surface area contributed by atoms with E-state index in [0.717, 1.165) is 0 Å². The summed E-state index contributed by atoms with van der Waals surface area (Å²) in [7, 11) is 0. The Kier molecular flexibility index (Phi) is 6.43. The normalized spacial score (nSPS) is 13.9. The van der Waals surface area contributed by atoms with E-state index in [-0.39, 0.29) is 30.0 Å². The fourth-order valence-electron chi connectivity index (χ4n) is 3.45. The molecule has 31 heavy (non-hydrogen) atoms. The van der Waals surface area contributed by atoms with Crippen LogP contribution in [0.15, 0.2) is 48.7 Å². The van der Waals surface area contributed by atoms with E-state index in [9.17, 15) is 18.7 Å². The van der Waals surface area contributed by atoms with Gasteiger partial charge in [0.05, 0.1) is 17.6 Å². The van der Waals surface area contributed by atoms with Crippen LogP contribution < -0.4 is 11.1 Å². The van der Waals surface area contributed by atoms with Gasteiger partial charge in [-0.2, -0.15) is 0 Å². The maximum Gasteiger partial charge on any atom is 0.248 e. The number of carbonyl (C=O) groups excluding carboxylic acids is 1. The molecular weight excluding hydrogens is 404 g/mol. The molecule has 1 amide bonds. The lowest BCUT2D eigenvalue weighted by atomic mass is 9.81. The summed E-state index contributed by atoms with van der Waals surface area (Å²) < 4.78 is 28.2. The molecule has 1 aromatic carbocycles. The van der Waals surface area contributed by atoms with Crippen molar-refractivity contribution in [3.8, 4) is 17.0 Å². The Hall–Kier alpha value is -3.62. The number of aromatic nitrogens is 3. The molecule has 0 bridgehead atoms. The minimum atomic E-state index is -1.16. The number of pyridine rings is 1. The van der Waals surface area contributed by atoms with Crippen LogP contribution in [0.25, 0.3) is 11.3 Å².